The van der Waals surface area contributed by atoms with E-state index in [2.05, 4.69) is 16.3 Å². The number of ether oxygens (including phenoxy) is 1. The van der Waals surface area contributed by atoms with Gasteiger partial charge in [-0.3, -0.25) is 9.59 Å². The van der Waals surface area contributed by atoms with Gasteiger partial charge in [0.05, 0.1) is 18.4 Å². The Morgan fingerprint density at radius 2 is 1.76 bits per heavy atom. The Morgan fingerprint density at radius 3 is 2.53 bits per heavy atom. The summed E-state index contributed by atoms with van der Waals surface area (Å²) in [4.78, 5) is 30.8. The van der Waals surface area contributed by atoms with Crippen molar-refractivity contribution >= 4 is 29.3 Å². The van der Waals surface area contributed by atoms with E-state index in [0.29, 0.717) is 30.3 Å². The summed E-state index contributed by atoms with van der Waals surface area (Å²) in [5, 5.41) is 3.09. The number of nitrogens with zero attached hydrogens (tertiary/aromatic N) is 2. The summed E-state index contributed by atoms with van der Waals surface area (Å²) in [6.07, 6.45) is 6.31. The van der Waals surface area contributed by atoms with Crippen LogP contribution in [0.5, 0.6) is 5.75 Å². The van der Waals surface area contributed by atoms with E-state index in [1.165, 1.54) is 43.9 Å². The Balaban J connectivity index is 1.29. The molecule has 182 valence electrons. The standard InChI is InChI=1S/C27H35N3O3S/c1-33-23-11-7-10-22(18-23)29-14-16-30(17-15-29)27(32)24-12-5-6-13-25(24)34-20-26(31)28-19-21-8-3-2-4-9-21/h5-7,10-13,18,21H,2-4,8-9,14-17,19-20H2,1H3,(H,28,31). The van der Waals surface area contributed by atoms with E-state index in [-0.39, 0.29) is 11.8 Å². The fraction of sp³-hybridized carbons (Fsp3) is 0.481. The number of amides is 2. The molecule has 2 aliphatic rings. The second-order valence-corrected chi connectivity index (χ2v) is 10.1. The number of rotatable bonds is 8. The SMILES string of the molecule is COc1cccc(N2CCN(C(=O)c3ccccc3SCC(=O)NCC3CCCCC3)CC2)c1. The van der Waals surface area contributed by atoms with E-state index in [1.54, 1.807) is 7.11 Å². The zero-order valence-electron chi connectivity index (χ0n) is 20.0. The van der Waals surface area contributed by atoms with E-state index >= 15 is 0 Å². The van der Waals surface area contributed by atoms with Crippen LogP contribution < -0.4 is 15.0 Å². The maximum Gasteiger partial charge on any atom is 0.255 e. The summed E-state index contributed by atoms with van der Waals surface area (Å²) in [5.41, 5.74) is 1.80. The molecule has 0 radical (unpaired) electrons. The molecule has 0 unspecified atom stereocenters. The van der Waals surface area contributed by atoms with Crippen molar-refractivity contribution in [2.45, 2.75) is 37.0 Å². The van der Waals surface area contributed by atoms with Gasteiger partial charge in [0.1, 0.15) is 5.75 Å². The highest BCUT2D eigenvalue weighted by Crippen LogP contribution is 2.26. The summed E-state index contributed by atoms with van der Waals surface area (Å²) in [6.45, 7) is 3.65. The van der Waals surface area contributed by atoms with Crippen molar-refractivity contribution in [1.82, 2.24) is 10.2 Å². The lowest BCUT2D eigenvalue weighted by Gasteiger charge is -2.36. The molecule has 4 rings (SSSR count). The highest BCUT2D eigenvalue weighted by Gasteiger charge is 2.24. The number of methoxy groups -OCH3 is 1. The highest BCUT2D eigenvalue weighted by atomic mass is 32.2. The van der Waals surface area contributed by atoms with Crippen LogP contribution in [0.25, 0.3) is 0 Å². The first-order valence-electron chi connectivity index (χ1n) is 12.3. The quantitative estimate of drug-likeness (QED) is 0.565. The summed E-state index contributed by atoms with van der Waals surface area (Å²) < 4.78 is 5.34. The van der Waals surface area contributed by atoms with Crippen LogP contribution in [0.1, 0.15) is 42.5 Å². The van der Waals surface area contributed by atoms with Crippen molar-refractivity contribution in [3.05, 3.63) is 54.1 Å². The van der Waals surface area contributed by atoms with Gasteiger partial charge in [-0.1, -0.05) is 37.5 Å². The average molecular weight is 482 g/mol. The molecule has 2 aromatic carbocycles. The minimum Gasteiger partial charge on any atom is -0.497 e. The van der Waals surface area contributed by atoms with Crippen molar-refractivity contribution in [2.75, 3.05) is 50.5 Å². The maximum atomic E-state index is 13.3. The highest BCUT2D eigenvalue weighted by molar-refractivity contribution is 8.00. The van der Waals surface area contributed by atoms with Crippen molar-refractivity contribution < 1.29 is 14.3 Å². The van der Waals surface area contributed by atoms with Gasteiger partial charge in [-0.2, -0.15) is 0 Å². The molecule has 1 aliphatic heterocycles. The normalized spacial score (nSPS) is 16.9. The second-order valence-electron chi connectivity index (χ2n) is 9.07. The number of nitrogens with one attached hydrogen (secondary N) is 1. The minimum absolute atomic E-state index is 0.0380. The number of carbonyl (C=O) groups excluding carboxylic acids is 2. The largest absolute Gasteiger partial charge is 0.497 e. The van der Waals surface area contributed by atoms with E-state index in [9.17, 15) is 9.59 Å². The summed E-state index contributed by atoms with van der Waals surface area (Å²) >= 11 is 1.45. The van der Waals surface area contributed by atoms with Crippen molar-refractivity contribution in [1.29, 1.82) is 0 Å². The molecule has 2 aromatic rings. The molecule has 7 heteroatoms. The lowest BCUT2D eigenvalue weighted by molar-refractivity contribution is -0.118. The van der Waals surface area contributed by atoms with Crippen LogP contribution in [0.3, 0.4) is 0 Å². The van der Waals surface area contributed by atoms with Gasteiger partial charge < -0.3 is 19.9 Å². The Kier molecular flexibility index (Phi) is 8.74. The van der Waals surface area contributed by atoms with Gasteiger partial charge in [0, 0.05) is 49.4 Å². The molecule has 34 heavy (non-hydrogen) atoms. The van der Waals surface area contributed by atoms with Gasteiger partial charge in [0.2, 0.25) is 5.91 Å². The van der Waals surface area contributed by atoms with Crippen LogP contribution in [0.2, 0.25) is 0 Å². The van der Waals surface area contributed by atoms with Crippen LogP contribution in [0, 0.1) is 5.92 Å². The van der Waals surface area contributed by atoms with Crippen LogP contribution >= 0.6 is 11.8 Å². The van der Waals surface area contributed by atoms with Gasteiger partial charge in [-0.25, -0.2) is 0 Å². The molecular formula is C27H35N3O3S. The predicted octanol–water partition coefficient (Wildman–Crippen LogP) is 4.45. The van der Waals surface area contributed by atoms with Gasteiger partial charge >= 0.3 is 0 Å². The maximum absolute atomic E-state index is 13.3. The monoisotopic (exact) mass is 481 g/mol. The lowest BCUT2D eigenvalue weighted by atomic mass is 9.89. The van der Waals surface area contributed by atoms with Gasteiger partial charge in [-0.05, 0) is 43.0 Å². The van der Waals surface area contributed by atoms with Crippen LogP contribution in [-0.2, 0) is 4.79 Å². The number of carbonyl (C=O) groups is 2. The first-order chi connectivity index (χ1) is 16.6. The molecule has 2 amide bonds. The van der Waals surface area contributed by atoms with Gasteiger partial charge in [-0.15, -0.1) is 11.8 Å². The Bertz CT molecular complexity index is 969. The second kappa shape index (κ2) is 12.2. The van der Waals surface area contributed by atoms with Gasteiger partial charge in [0.25, 0.3) is 5.91 Å². The number of anilines is 1. The number of thioether (sulfide) groups is 1. The Labute approximate surface area is 207 Å². The van der Waals surface area contributed by atoms with E-state index in [4.69, 9.17) is 4.74 Å². The van der Waals surface area contributed by atoms with Gasteiger partial charge in [0.15, 0.2) is 0 Å². The molecule has 0 bridgehead atoms. The molecular weight excluding hydrogens is 446 g/mol. The van der Waals surface area contributed by atoms with Crippen molar-refractivity contribution in [2.24, 2.45) is 5.92 Å². The van der Waals surface area contributed by atoms with Crippen LogP contribution in [0.4, 0.5) is 5.69 Å². The first kappa shape index (κ1) is 24.5. The number of piperazine rings is 1. The summed E-state index contributed by atoms with van der Waals surface area (Å²) in [7, 11) is 1.67. The number of hydrogen-bond donors (Lipinski definition) is 1. The fourth-order valence-corrected chi connectivity index (χ4v) is 5.63. The zero-order valence-corrected chi connectivity index (χ0v) is 20.8. The minimum atomic E-state index is 0.0380. The predicted molar refractivity (Wildman–Crippen MR) is 138 cm³/mol. The molecule has 1 saturated heterocycles. The van der Waals surface area contributed by atoms with E-state index in [1.807, 2.05) is 47.4 Å². The van der Waals surface area contributed by atoms with Crippen molar-refractivity contribution in [3.63, 3.8) is 0 Å². The number of hydrogen-bond acceptors (Lipinski definition) is 5. The Hall–Kier alpha value is -2.67. The van der Waals surface area contributed by atoms with Crippen molar-refractivity contribution in [3.8, 4) is 5.75 Å². The zero-order chi connectivity index (χ0) is 23.8. The van der Waals surface area contributed by atoms with E-state index < -0.39 is 0 Å². The molecule has 1 N–H and O–H groups in total. The molecule has 6 nitrogen and oxygen atoms in total. The molecule has 1 aliphatic carbocycles. The number of benzene rings is 2. The third kappa shape index (κ3) is 6.47. The summed E-state index contributed by atoms with van der Waals surface area (Å²) in [6, 6.07) is 15.7. The third-order valence-electron chi connectivity index (χ3n) is 6.77. The van der Waals surface area contributed by atoms with Crippen LogP contribution in [-0.4, -0.2) is 62.3 Å². The summed E-state index contributed by atoms with van der Waals surface area (Å²) in [5.74, 6) is 1.87. The molecule has 0 spiro atoms. The molecule has 2 fully saturated rings. The molecule has 1 heterocycles. The molecule has 0 atom stereocenters. The lowest BCUT2D eigenvalue weighted by Crippen LogP contribution is -2.48. The molecule has 1 saturated carbocycles. The van der Waals surface area contributed by atoms with E-state index in [0.717, 1.165) is 36.0 Å². The third-order valence-corrected chi connectivity index (χ3v) is 7.85. The molecule has 0 aromatic heterocycles. The fourth-order valence-electron chi connectivity index (χ4n) is 4.76. The smallest absolute Gasteiger partial charge is 0.255 e. The van der Waals surface area contributed by atoms with Crippen LogP contribution in [0.15, 0.2) is 53.4 Å². The average Bonchev–Trinajstić information content (AvgIpc) is 2.91. The first-order valence-corrected chi connectivity index (χ1v) is 13.3. The Morgan fingerprint density at radius 1 is 1.00 bits per heavy atom. The topological polar surface area (TPSA) is 61.9 Å².